The van der Waals surface area contributed by atoms with Gasteiger partial charge in [-0.3, -0.25) is 4.79 Å². The zero-order chi connectivity index (χ0) is 21.8. The Balaban J connectivity index is 1.27. The molecule has 2 bridgehead atoms. The van der Waals surface area contributed by atoms with E-state index >= 15 is 0 Å². The molecule has 1 amide bonds. The van der Waals surface area contributed by atoms with Crippen LogP contribution in [0.3, 0.4) is 0 Å². The molecular weight excluding hydrogens is 400 g/mol. The van der Waals surface area contributed by atoms with Crippen LogP contribution in [0.25, 0.3) is 0 Å². The fraction of sp³-hybridized carbons (Fsp3) is 0.480. The third-order valence-corrected chi connectivity index (χ3v) is 7.27. The minimum atomic E-state index is -1.07. The predicted molar refractivity (Wildman–Crippen MR) is 112 cm³/mol. The van der Waals surface area contributed by atoms with Crippen LogP contribution in [0.15, 0.2) is 42.5 Å². The Bertz CT molecular complexity index is 996. The van der Waals surface area contributed by atoms with E-state index in [4.69, 9.17) is 4.74 Å². The van der Waals surface area contributed by atoms with Gasteiger partial charge in [0, 0.05) is 30.5 Å². The second kappa shape index (κ2) is 7.59. The lowest BCUT2D eigenvalue weighted by Crippen LogP contribution is -2.54. The molecule has 0 unspecified atom stereocenters. The molecule has 6 heteroatoms. The Hall–Kier alpha value is -2.47. The van der Waals surface area contributed by atoms with Crippen LogP contribution in [0.1, 0.15) is 49.1 Å². The van der Waals surface area contributed by atoms with E-state index in [1.807, 2.05) is 29.2 Å². The predicted octanol–water partition coefficient (Wildman–Crippen LogP) is 4.20. The van der Waals surface area contributed by atoms with Crippen LogP contribution < -0.4 is 4.74 Å². The quantitative estimate of drug-likeness (QED) is 0.778. The second-order valence-corrected chi connectivity index (χ2v) is 9.40. The van der Waals surface area contributed by atoms with Gasteiger partial charge < -0.3 is 14.7 Å². The SMILES string of the molecule is COc1cccc([C@@H]2C[C@H]2C(=O)N2[C@H]3CC[C@H]2CC(O)(Cc2ccc(F)cc2F)C3)c1. The number of carbonyl (C=O) groups is 1. The fourth-order valence-electron chi connectivity index (χ4n) is 5.75. The van der Waals surface area contributed by atoms with Crippen LogP contribution in [0.2, 0.25) is 0 Å². The van der Waals surface area contributed by atoms with Gasteiger partial charge >= 0.3 is 0 Å². The maximum Gasteiger partial charge on any atom is 0.226 e. The topological polar surface area (TPSA) is 49.8 Å². The molecule has 2 heterocycles. The summed E-state index contributed by atoms with van der Waals surface area (Å²) in [5.74, 6) is -0.0729. The first-order valence-corrected chi connectivity index (χ1v) is 11.0. The van der Waals surface area contributed by atoms with E-state index in [0.29, 0.717) is 18.4 Å². The third kappa shape index (κ3) is 3.82. The van der Waals surface area contributed by atoms with Crippen molar-refractivity contribution in [1.29, 1.82) is 0 Å². The maximum absolute atomic E-state index is 14.1. The van der Waals surface area contributed by atoms with E-state index in [1.54, 1.807) is 7.11 Å². The fourth-order valence-corrected chi connectivity index (χ4v) is 5.75. The maximum atomic E-state index is 14.1. The monoisotopic (exact) mass is 427 g/mol. The molecule has 1 saturated carbocycles. The molecule has 1 N–H and O–H groups in total. The van der Waals surface area contributed by atoms with Gasteiger partial charge in [0.25, 0.3) is 0 Å². The standard InChI is InChI=1S/C25H27F2NO3/c1-31-20-4-2-3-15(9-20)21-11-22(21)24(29)28-18-7-8-19(28)14-25(30,13-18)12-16-5-6-17(26)10-23(16)27/h2-6,9-10,18-19,21-22,30H,7-8,11-14H2,1H3/t18-,19-,21-,22+/m0/s1. The van der Waals surface area contributed by atoms with Crippen LogP contribution in [0, 0.1) is 17.6 Å². The van der Waals surface area contributed by atoms with Crippen LogP contribution in [0.4, 0.5) is 8.78 Å². The second-order valence-electron chi connectivity index (χ2n) is 9.40. The van der Waals surface area contributed by atoms with Gasteiger partial charge in [-0.2, -0.15) is 0 Å². The number of rotatable bonds is 5. The normalized spacial score (nSPS) is 31.5. The molecule has 4 atom stereocenters. The molecule has 1 aliphatic carbocycles. The van der Waals surface area contributed by atoms with Crippen LogP contribution in [-0.2, 0) is 11.2 Å². The average Bonchev–Trinajstić information content (AvgIpc) is 3.49. The van der Waals surface area contributed by atoms with Gasteiger partial charge in [0.05, 0.1) is 12.7 Å². The zero-order valence-corrected chi connectivity index (χ0v) is 17.6. The first-order valence-electron chi connectivity index (χ1n) is 11.0. The number of fused-ring (bicyclic) bond motifs is 2. The van der Waals surface area contributed by atoms with Crippen molar-refractivity contribution in [2.24, 2.45) is 5.92 Å². The van der Waals surface area contributed by atoms with Crippen LogP contribution in [0.5, 0.6) is 5.75 Å². The highest BCUT2D eigenvalue weighted by molar-refractivity contribution is 5.84. The van der Waals surface area contributed by atoms with E-state index in [9.17, 15) is 18.7 Å². The summed E-state index contributed by atoms with van der Waals surface area (Å²) < 4.78 is 32.7. The minimum absolute atomic E-state index is 0.0176. The summed E-state index contributed by atoms with van der Waals surface area (Å²) in [6.45, 7) is 0. The number of ether oxygens (including phenoxy) is 1. The number of carbonyl (C=O) groups excluding carboxylic acids is 1. The molecule has 4 nitrogen and oxygen atoms in total. The van der Waals surface area contributed by atoms with Crippen LogP contribution in [-0.4, -0.2) is 40.7 Å². The van der Waals surface area contributed by atoms with Crippen molar-refractivity contribution in [2.45, 2.75) is 62.1 Å². The van der Waals surface area contributed by atoms with E-state index < -0.39 is 17.2 Å². The average molecular weight is 427 g/mol. The molecule has 2 aromatic carbocycles. The summed E-state index contributed by atoms with van der Waals surface area (Å²) in [7, 11) is 1.64. The van der Waals surface area contributed by atoms with Gasteiger partial charge in [-0.1, -0.05) is 18.2 Å². The van der Waals surface area contributed by atoms with Crippen LogP contribution >= 0.6 is 0 Å². The Morgan fingerprint density at radius 2 is 1.90 bits per heavy atom. The molecule has 2 saturated heterocycles. The number of piperidine rings is 1. The van der Waals surface area contributed by atoms with Crippen molar-refractivity contribution < 1.29 is 23.4 Å². The molecule has 2 aliphatic heterocycles. The number of methoxy groups -OCH3 is 1. The number of benzene rings is 2. The number of halogens is 2. The van der Waals surface area contributed by atoms with Crippen molar-refractivity contribution in [2.75, 3.05) is 7.11 Å². The highest BCUT2D eigenvalue weighted by atomic mass is 19.1. The van der Waals surface area contributed by atoms with Gasteiger partial charge in [0.15, 0.2) is 0 Å². The summed E-state index contributed by atoms with van der Waals surface area (Å²) in [5, 5.41) is 11.2. The largest absolute Gasteiger partial charge is 0.497 e. The van der Waals surface area contributed by atoms with E-state index in [1.165, 1.54) is 12.1 Å². The molecule has 5 rings (SSSR count). The highest BCUT2D eigenvalue weighted by Gasteiger charge is 2.54. The van der Waals surface area contributed by atoms with Gasteiger partial charge in [-0.25, -0.2) is 8.78 Å². The summed E-state index contributed by atoms with van der Waals surface area (Å²) in [5.41, 5.74) is 0.380. The molecule has 0 aromatic heterocycles. The van der Waals surface area contributed by atoms with Crippen molar-refractivity contribution in [3.63, 3.8) is 0 Å². The summed E-state index contributed by atoms with van der Waals surface area (Å²) >= 11 is 0. The summed E-state index contributed by atoms with van der Waals surface area (Å²) in [6, 6.07) is 11.3. The Labute approximate surface area is 180 Å². The molecule has 0 spiro atoms. The van der Waals surface area contributed by atoms with Gasteiger partial charge in [0.1, 0.15) is 17.4 Å². The Morgan fingerprint density at radius 1 is 1.16 bits per heavy atom. The molecule has 164 valence electrons. The lowest BCUT2D eigenvalue weighted by atomic mass is 9.81. The molecular formula is C25H27F2NO3. The number of aliphatic hydroxyl groups is 1. The summed E-state index contributed by atoms with van der Waals surface area (Å²) in [4.78, 5) is 15.3. The smallest absolute Gasteiger partial charge is 0.226 e. The van der Waals surface area contributed by atoms with E-state index in [2.05, 4.69) is 0 Å². The highest BCUT2D eigenvalue weighted by Crippen LogP contribution is 2.52. The zero-order valence-electron chi connectivity index (χ0n) is 17.6. The van der Waals surface area contributed by atoms with E-state index in [0.717, 1.165) is 36.6 Å². The first-order chi connectivity index (χ1) is 14.9. The molecule has 31 heavy (non-hydrogen) atoms. The molecule has 2 aromatic rings. The lowest BCUT2D eigenvalue weighted by molar-refractivity contribution is -0.142. The van der Waals surface area contributed by atoms with Crippen molar-refractivity contribution in [3.8, 4) is 5.75 Å². The molecule has 0 radical (unpaired) electrons. The van der Waals surface area contributed by atoms with Gasteiger partial charge in [-0.15, -0.1) is 0 Å². The van der Waals surface area contributed by atoms with E-state index in [-0.39, 0.29) is 36.2 Å². The lowest BCUT2D eigenvalue weighted by Gasteiger charge is -2.44. The van der Waals surface area contributed by atoms with Crippen molar-refractivity contribution in [3.05, 3.63) is 65.2 Å². The number of hydrogen-bond acceptors (Lipinski definition) is 3. The summed E-state index contributed by atoms with van der Waals surface area (Å²) in [6.07, 6.45) is 3.57. The number of nitrogens with zero attached hydrogens (tertiary/aromatic N) is 1. The first kappa shape index (κ1) is 20.4. The number of amides is 1. The van der Waals surface area contributed by atoms with Gasteiger partial charge in [-0.05, 0) is 67.3 Å². The minimum Gasteiger partial charge on any atom is -0.497 e. The van der Waals surface area contributed by atoms with Crippen molar-refractivity contribution in [1.82, 2.24) is 4.90 Å². The number of hydrogen-bond donors (Lipinski definition) is 1. The Morgan fingerprint density at radius 3 is 2.58 bits per heavy atom. The van der Waals surface area contributed by atoms with Crippen molar-refractivity contribution >= 4 is 5.91 Å². The van der Waals surface area contributed by atoms with Gasteiger partial charge in [0.2, 0.25) is 5.91 Å². The Kier molecular flexibility index (Phi) is 5.00. The molecule has 3 aliphatic rings. The molecule has 3 fully saturated rings. The third-order valence-electron chi connectivity index (χ3n) is 7.27.